The van der Waals surface area contributed by atoms with Crippen molar-refractivity contribution in [2.75, 3.05) is 0 Å². The molecule has 0 fully saturated rings. The molecule has 9 heteroatoms. The highest BCUT2D eigenvalue weighted by molar-refractivity contribution is 5.84. The van der Waals surface area contributed by atoms with E-state index in [1.54, 1.807) is 0 Å². The smallest absolute Gasteiger partial charge is 0.326 e. The molecule has 98 valence electrons. The van der Waals surface area contributed by atoms with Gasteiger partial charge in [-0.05, 0) is 6.42 Å². The molecular weight excluding hydrogens is 242 g/mol. The quantitative estimate of drug-likeness (QED) is 0.520. The lowest BCUT2D eigenvalue weighted by Crippen LogP contribution is -2.42. The standard InChI is InChI=1S/C9H13N5O4/c10-7(15)2-1-6(9(17)18)13-8(16)3-14-5-11-4-12-14/h4-6H,1-3H2,(H2,10,15)(H,13,16)(H,17,18)/t6-/m0/s1. The van der Waals surface area contributed by atoms with Gasteiger partial charge < -0.3 is 16.2 Å². The summed E-state index contributed by atoms with van der Waals surface area (Å²) < 4.78 is 1.25. The summed E-state index contributed by atoms with van der Waals surface area (Å²) in [6.45, 7) is -0.139. The van der Waals surface area contributed by atoms with Crippen LogP contribution >= 0.6 is 0 Å². The van der Waals surface area contributed by atoms with Crippen molar-refractivity contribution in [2.45, 2.75) is 25.4 Å². The van der Waals surface area contributed by atoms with E-state index in [0.29, 0.717) is 0 Å². The van der Waals surface area contributed by atoms with Crippen LogP contribution in [0.25, 0.3) is 0 Å². The Morgan fingerprint density at radius 3 is 2.67 bits per heavy atom. The first kappa shape index (κ1) is 13.6. The third kappa shape index (κ3) is 4.60. The van der Waals surface area contributed by atoms with E-state index in [1.807, 2.05) is 0 Å². The molecule has 0 saturated carbocycles. The summed E-state index contributed by atoms with van der Waals surface area (Å²) in [5.74, 6) is -2.37. The number of rotatable bonds is 7. The number of amides is 2. The van der Waals surface area contributed by atoms with Crippen molar-refractivity contribution in [3.63, 3.8) is 0 Å². The Hall–Kier alpha value is -2.45. The van der Waals surface area contributed by atoms with Gasteiger partial charge in [0.15, 0.2) is 0 Å². The van der Waals surface area contributed by atoms with Gasteiger partial charge in [-0.2, -0.15) is 5.10 Å². The molecule has 0 unspecified atom stereocenters. The summed E-state index contributed by atoms with van der Waals surface area (Å²) in [4.78, 5) is 36.5. The van der Waals surface area contributed by atoms with Crippen LogP contribution in [0.15, 0.2) is 12.7 Å². The zero-order chi connectivity index (χ0) is 13.5. The average molecular weight is 255 g/mol. The maximum absolute atomic E-state index is 11.5. The summed E-state index contributed by atoms with van der Waals surface area (Å²) >= 11 is 0. The summed E-state index contributed by atoms with van der Waals surface area (Å²) in [5.41, 5.74) is 4.91. The van der Waals surface area contributed by atoms with Gasteiger partial charge in [-0.25, -0.2) is 14.5 Å². The second kappa shape index (κ2) is 6.33. The van der Waals surface area contributed by atoms with Crippen LogP contribution in [0.5, 0.6) is 0 Å². The zero-order valence-electron chi connectivity index (χ0n) is 9.44. The van der Waals surface area contributed by atoms with Gasteiger partial charge in [0.05, 0.1) is 0 Å². The molecule has 1 atom stereocenters. The number of aromatic nitrogens is 3. The Labute approximate surface area is 102 Å². The average Bonchev–Trinajstić information content (AvgIpc) is 2.76. The molecule has 2 amide bonds. The summed E-state index contributed by atoms with van der Waals surface area (Å²) in [5, 5.41) is 14.8. The highest BCUT2D eigenvalue weighted by atomic mass is 16.4. The molecule has 1 heterocycles. The predicted octanol–water partition coefficient (Wildman–Crippen LogP) is -1.89. The van der Waals surface area contributed by atoms with Crippen LogP contribution in [-0.2, 0) is 20.9 Å². The molecule has 0 aliphatic rings. The fourth-order valence-electron chi connectivity index (χ4n) is 1.25. The van der Waals surface area contributed by atoms with E-state index < -0.39 is 23.8 Å². The molecule has 1 rings (SSSR count). The number of primary amides is 1. The van der Waals surface area contributed by atoms with Crippen LogP contribution in [0.1, 0.15) is 12.8 Å². The first-order chi connectivity index (χ1) is 8.49. The number of nitrogens with zero attached hydrogens (tertiary/aromatic N) is 3. The Kier molecular flexibility index (Phi) is 4.78. The summed E-state index contributed by atoms with van der Waals surface area (Å²) in [6, 6.07) is -1.14. The van der Waals surface area contributed by atoms with E-state index in [1.165, 1.54) is 17.3 Å². The van der Waals surface area contributed by atoms with Crippen molar-refractivity contribution < 1.29 is 19.5 Å². The molecule has 0 spiro atoms. The van der Waals surface area contributed by atoms with E-state index in [2.05, 4.69) is 15.4 Å². The number of carbonyl (C=O) groups is 3. The number of carbonyl (C=O) groups excluding carboxylic acids is 2. The van der Waals surface area contributed by atoms with Crippen molar-refractivity contribution >= 4 is 17.8 Å². The van der Waals surface area contributed by atoms with Crippen molar-refractivity contribution in [2.24, 2.45) is 5.73 Å². The molecule has 0 radical (unpaired) electrons. The molecule has 9 nitrogen and oxygen atoms in total. The fraction of sp³-hybridized carbons (Fsp3) is 0.444. The molecule has 18 heavy (non-hydrogen) atoms. The molecule has 0 bridgehead atoms. The van der Waals surface area contributed by atoms with Crippen molar-refractivity contribution in [3.05, 3.63) is 12.7 Å². The number of hydrogen-bond donors (Lipinski definition) is 3. The SMILES string of the molecule is NC(=O)CC[C@H](NC(=O)Cn1cncn1)C(=O)O. The molecule has 4 N–H and O–H groups in total. The monoisotopic (exact) mass is 255 g/mol. The molecule has 1 aromatic heterocycles. The fourth-order valence-corrected chi connectivity index (χ4v) is 1.25. The van der Waals surface area contributed by atoms with Crippen LogP contribution in [0.4, 0.5) is 0 Å². The predicted molar refractivity (Wildman–Crippen MR) is 58.0 cm³/mol. The molecule has 0 aliphatic carbocycles. The lowest BCUT2D eigenvalue weighted by atomic mass is 10.1. The Bertz CT molecular complexity index is 430. The molecule has 1 aromatic rings. The van der Waals surface area contributed by atoms with Crippen LogP contribution < -0.4 is 11.1 Å². The van der Waals surface area contributed by atoms with E-state index in [-0.39, 0.29) is 19.4 Å². The van der Waals surface area contributed by atoms with Gasteiger partial charge in [-0.15, -0.1) is 0 Å². The van der Waals surface area contributed by atoms with Gasteiger partial charge in [0.1, 0.15) is 25.2 Å². The third-order valence-corrected chi connectivity index (χ3v) is 2.08. The summed E-state index contributed by atoms with van der Waals surface area (Å²) in [6.07, 6.45) is 2.43. The second-order valence-corrected chi connectivity index (χ2v) is 3.56. The second-order valence-electron chi connectivity index (χ2n) is 3.56. The molecule has 0 saturated heterocycles. The van der Waals surface area contributed by atoms with Gasteiger partial charge in [-0.1, -0.05) is 0 Å². The van der Waals surface area contributed by atoms with Gasteiger partial charge in [0.25, 0.3) is 0 Å². The van der Waals surface area contributed by atoms with Gasteiger partial charge in [-0.3, -0.25) is 9.59 Å². The summed E-state index contributed by atoms with van der Waals surface area (Å²) in [7, 11) is 0. The Balaban J connectivity index is 2.47. The zero-order valence-corrected chi connectivity index (χ0v) is 9.44. The van der Waals surface area contributed by atoms with Crippen molar-refractivity contribution in [1.29, 1.82) is 0 Å². The minimum Gasteiger partial charge on any atom is -0.480 e. The van der Waals surface area contributed by atoms with Crippen LogP contribution in [0.3, 0.4) is 0 Å². The number of nitrogens with two attached hydrogens (primary N) is 1. The van der Waals surface area contributed by atoms with Crippen LogP contribution in [-0.4, -0.2) is 43.7 Å². The maximum atomic E-state index is 11.5. The van der Waals surface area contributed by atoms with E-state index in [4.69, 9.17) is 10.8 Å². The molecular formula is C9H13N5O4. The largest absolute Gasteiger partial charge is 0.480 e. The third-order valence-electron chi connectivity index (χ3n) is 2.08. The van der Waals surface area contributed by atoms with E-state index >= 15 is 0 Å². The van der Waals surface area contributed by atoms with Crippen LogP contribution in [0.2, 0.25) is 0 Å². The first-order valence-electron chi connectivity index (χ1n) is 5.12. The first-order valence-corrected chi connectivity index (χ1v) is 5.12. The normalized spacial score (nSPS) is 11.8. The van der Waals surface area contributed by atoms with Crippen LogP contribution in [0, 0.1) is 0 Å². The molecule has 0 aliphatic heterocycles. The number of carboxylic acid groups (broad SMARTS) is 1. The Morgan fingerprint density at radius 1 is 1.44 bits per heavy atom. The van der Waals surface area contributed by atoms with E-state index in [9.17, 15) is 14.4 Å². The highest BCUT2D eigenvalue weighted by Gasteiger charge is 2.20. The van der Waals surface area contributed by atoms with Crippen molar-refractivity contribution in [3.8, 4) is 0 Å². The van der Waals surface area contributed by atoms with Gasteiger partial charge in [0.2, 0.25) is 11.8 Å². The maximum Gasteiger partial charge on any atom is 0.326 e. The lowest BCUT2D eigenvalue weighted by Gasteiger charge is -2.13. The van der Waals surface area contributed by atoms with E-state index in [0.717, 1.165) is 0 Å². The molecule has 0 aromatic carbocycles. The number of hydrogen-bond acceptors (Lipinski definition) is 5. The number of aliphatic carboxylic acids is 1. The van der Waals surface area contributed by atoms with Gasteiger partial charge in [0, 0.05) is 6.42 Å². The number of carboxylic acids is 1. The minimum absolute atomic E-state index is 0.0479. The lowest BCUT2D eigenvalue weighted by molar-refractivity contribution is -0.142. The minimum atomic E-state index is -1.22. The Morgan fingerprint density at radius 2 is 2.17 bits per heavy atom. The van der Waals surface area contributed by atoms with Gasteiger partial charge >= 0.3 is 5.97 Å². The topological polar surface area (TPSA) is 140 Å². The highest BCUT2D eigenvalue weighted by Crippen LogP contribution is 1.97. The number of nitrogens with one attached hydrogen (secondary N) is 1. The van der Waals surface area contributed by atoms with Crippen molar-refractivity contribution in [1.82, 2.24) is 20.1 Å².